The van der Waals surface area contributed by atoms with Crippen molar-refractivity contribution in [1.82, 2.24) is 9.80 Å². The van der Waals surface area contributed by atoms with Crippen LogP contribution in [0, 0.1) is 0 Å². The third kappa shape index (κ3) is 1.91. The lowest BCUT2D eigenvalue weighted by Gasteiger charge is -2.44. The molecule has 3 saturated heterocycles. The van der Waals surface area contributed by atoms with Crippen molar-refractivity contribution in [3.8, 4) is 0 Å². The van der Waals surface area contributed by atoms with Crippen LogP contribution in [-0.4, -0.2) is 46.8 Å². The lowest BCUT2D eigenvalue weighted by molar-refractivity contribution is -0.161. The molecule has 2 atom stereocenters. The minimum atomic E-state index is -0.144. The van der Waals surface area contributed by atoms with Gasteiger partial charge in [-0.1, -0.05) is 25.7 Å². The van der Waals surface area contributed by atoms with E-state index < -0.39 is 0 Å². The highest BCUT2D eigenvalue weighted by atomic mass is 16.2. The van der Waals surface area contributed by atoms with Crippen molar-refractivity contribution in [2.45, 2.75) is 63.5 Å². The fourth-order valence-electron chi connectivity index (χ4n) is 3.64. The Labute approximate surface area is 108 Å². The lowest BCUT2D eigenvalue weighted by Crippen LogP contribution is -2.64. The van der Waals surface area contributed by atoms with E-state index in [0.717, 1.165) is 64.5 Å². The summed E-state index contributed by atoms with van der Waals surface area (Å²) < 4.78 is 0. The second-order valence-electron chi connectivity index (χ2n) is 5.79. The molecule has 0 aromatic rings. The number of carbonyl (C=O) groups is 2. The van der Waals surface area contributed by atoms with Crippen molar-refractivity contribution in [1.29, 1.82) is 0 Å². The Hall–Kier alpha value is -1.06. The van der Waals surface area contributed by atoms with Crippen LogP contribution in [0.1, 0.15) is 51.4 Å². The molecule has 3 rings (SSSR count). The van der Waals surface area contributed by atoms with Crippen LogP contribution >= 0.6 is 0 Å². The normalized spacial score (nSPS) is 33.6. The second-order valence-corrected chi connectivity index (χ2v) is 5.79. The molecule has 0 aromatic heterocycles. The van der Waals surface area contributed by atoms with E-state index in [9.17, 15) is 9.59 Å². The lowest BCUT2D eigenvalue weighted by atomic mass is 9.99. The molecule has 100 valence electrons. The fourth-order valence-corrected chi connectivity index (χ4v) is 3.64. The van der Waals surface area contributed by atoms with Crippen LogP contribution in [0.15, 0.2) is 0 Å². The third-order valence-corrected chi connectivity index (χ3v) is 4.64. The molecule has 0 aliphatic carbocycles. The van der Waals surface area contributed by atoms with Crippen molar-refractivity contribution >= 4 is 11.8 Å². The highest BCUT2D eigenvalue weighted by Crippen LogP contribution is 2.29. The zero-order valence-electron chi connectivity index (χ0n) is 10.9. The molecule has 0 N–H and O–H groups in total. The molecule has 0 bridgehead atoms. The zero-order chi connectivity index (χ0) is 12.5. The van der Waals surface area contributed by atoms with E-state index in [1.165, 1.54) is 0 Å². The number of carbonyl (C=O) groups excluding carboxylic acids is 2. The Bertz CT molecular complexity index is 294. The van der Waals surface area contributed by atoms with E-state index >= 15 is 0 Å². The highest BCUT2D eigenvalue weighted by molar-refractivity contribution is 5.97. The maximum absolute atomic E-state index is 12.6. The zero-order valence-corrected chi connectivity index (χ0v) is 10.9. The van der Waals surface area contributed by atoms with Crippen molar-refractivity contribution in [2.75, 3.05) is 13.1 Å². The van der Waals surface area contributed by atoms with Gasteiger partial charge >= 0.3 is 0 Å². The van der Waals surface area contributed by atoms with Crippen LogP contribution < -0.4 is 0 Å². The van der Waals surface area contributed by atoms with E-state index in [0.29, 0.717) is 0 Å². The molecule has 0 saturated carbocycles. The van der Waals surface area contributed by atoms with E-state index in [-0.39, 0.29) is 23.9 Å². The predicted molar refractivity (Wildman–Crippen MR) is 67.9 cm³/mol. The minimum absolute atomic E-state index is 0.144. The molecule has 2 amide bonds. The van der Waals surface area contributed by atoms with Crippen LogP contribution in [0.2, 0.25) is 0 Å². The average Bonchev–Trinajstić information content (AvgIpc) is 2.76. The van der Waals surface area contributed by atoms with Gasteiger partial charge in [0.05, 0.1) is 0 Å². The van der Waals surface area contributed by atoms with Gasteiger partial charge in [-0.15, -0.1) is 0 Å². The molecular weight excluding hydrogens is 228 g/mol. The monoisotopic (exact) mass is 250 g/mol. The number of nitrogens with zero attached hydrogens (tertiary/aromatic N) is 2. The Kier molecular flexibility index (Phi) is 3.27. The summed E-state index contributed by atoms with van der Waals surface area (Å²) >= 11 is 0. The first-order valence-corrected chi connectivity index (χ1v) is 7.40. The number of fused-ring (bicyclic) bond motifs is 2. The van der Waals surface area contributed by atoms with Crippen LogP contribution in [0.25, 0.3) is 0 Å². The van der Waals surface area contributed by atoms with Crippen molar-refractivity contribution in [3.05, 3.63) is 0 Å². The molecular formula is C14H22N2O2. The summed E-state index contributed by atoms with van der Waals surface area (Å²) in [7, 11) is 0. The van der Waals surface area contributed by atoms with E-state index in [4.69, 9.17) is 0 Å². The summed E-state index contributed by atoms with van der Waals surface area (Å²) in [6.07, 6.45) is 8.32. The van der Waals surface area contributed by atoms with Gasteiger partial charge in [-0.05, 0) is 25.7 Å². The molecule has 3 aliphatic heterocycles. The van der Waals surface area contributed by atoms with Gasteiger partial charge in [0.25, 0.3) is 0 Å². The maximum Gasteiger partial charge on any atom is 0.246 e. The molecule has 0 spiro atoms. The SMILES string of the molecule is O=C1[C@@H]2CCCCCN2C(=O)[C@H]2CCCCCN12. The molecule has 18 heavy (non-hydrogen) atoms. The van der Waals surface area contributed by atoms with Gasteiger partial charge in [0.15, 0.2) is 0 Å². The van der Waals surface area contributed by atoms with Gasteiger partial charge in [0.1, 0.15) is 12.1 Å². The second kappa shape index (κ2) is 4.90. The molecule has 0 aromatic carbocycles. The summed E-state index contributed by atoms with van der Waals surface area (Å²) in [4.78, 5) is 28.9. The number of hydrogen-bond acceptors (Lipinski definition) is 2. The summed E-state index contributed by atoms with van der Waals surface area (Å²) in [5.74, 6) is 0.451. The van der Waals surface area contributed by atoms with Crippen molar-refractivity contribution in [3.63, 3.8) is 0 Å². The predicted octanol–water partition coefficient (Wildman–Crippen LogP) is 1.54. The Morgan fingerprint density at radius 2 is 1.11 bits per heavy atom. The number of rotatable bonds is 0. The minimum Gasteiger partial charge on any atom is -0.329 e. The van der Waals surface area contributed by atoms with Crippen LogP contribution in [-0.2, 0) is 9.59 Å². The summed E-state index contributed by atoms with van der Waals surface area (Å²) in [6.45, 7) is 1.58. The Morgan fingerprint density at radius 1 is 0.667 bits per heavy atom. The molecule has 3 fully saturated rings. The maximum atomic E-state index is 12.6. The van der Waals surface area contributed by atoms with E-state index in [2.05, 4.69) is 0 Å². The molecule has 0 unspecified atom stereocenters. The van der Waals surface area contributed by atoms with Gasteiger partial charge in [0.2, 0.25) is 11.8 Å². The standard InChI is InChI=1S/C14H22N2O2/c17-13-11-7-3-1-5-9-15(11)14(18)12-8-4-2-6-10-16(12)13/h11-12H,1-10H2/t11-,12+. The van der Waals surface area contributed by atoms with Gasteiger partial charge in [-0.2, -0.15) is 0 Å². The first-order valence-electron chi connectivity index (χ1n) is 7.40. The summed E-state index contributed by atoms with van der Waals surface area (Å²) in [5, 5.41) is 0. The smallest absolute Gasteiger partial charge is 0.246 e. The van der Waals surface area contributed by atoms with Gasteiger partial charge in [-0.3, -0.25) is 9.59 Å². The first-order chi connectivity index (χ1) is 8.79. The molecule has 4 nitrogen and oxygen atoms in total. The largest absolute Gasteiger partial charge is 0.329 e. The van der Waals surface area contributed by atoms with E-state index in [1.54, 1.807) is 0 Å². The highest BCUT2D eigenvalue weighted by Gasteiger charge is 2.45. The first kappa shape index (κ1) is 12.0. The molecule has 3 heterocycles. The summed E-state index contributed by atoms with van der Waals surface area (Å²) in [5.41, 5.74) is 0. The van der Waals surface area contributed by atoms with E-state index in [1.807, 2.05) is 9.80 Å². The fraction of sp³-hybridized carbons (Fsp3) is 0.857. The molecule has 3 aliphatic rings. The van der Waals surface area contributed by atoms with Crippen LogP contribution in [0.3, 0.4) is 0 Å². The Morgan fingerprint density at radius 3 is 1.56 bits per heavy atom. The van der Waals surface area contributed by atoms with Crippen LogP contribution in [0.5, 0.6) is 0 Å². The summed E-state index contributed by atoms with van der Waals surface area (Å²) in [6, 6.07) is -0.288. The Balaban J connectivity index is 1.88. The average molecular weight is 250 g/mol. The third-order valence-electron chi connectivity index (χ3n) is 4.64. The molecule has 4 heteroatoms. The number of piperazine rings is 1. The van der Waals surface area contributed by atoms with Crippen molar-refractivity contribution < 1.29 is 9.59 Å². The van der Waals surface area contributed by atoms with Gasteiger partial charge in [0, 0.05) is 13.1 Å². The number of hydrogen-bond donors (Lipinski definition) is 0. The van der Waals surface area contributed by atoms with Crippen molar-refractivity contribution in [2.24, 2.45) is 0 Å². The van der Waals surface area contributed by atoms with Gasteiger partial charge < -0.3 is 9.80 Å². The van der Waals surface area contributed by atoms with Crippen LogP contribution in [0.4, 0.5) is 0 Å². The quantitative estimate of drug-likeness (QED) is 0.654. The van der Waals surface area contributed by atoms with Gasteiger partial charge in [-0.25, -0.2) is 0 Å². The molecule has 0 radical (unpaired) electrons. The number of amides is 2. The topological polar surface area (TPSA) is 40.6 Å².